The molecule has 88 valence electrons. The summed E-state index contributed by atoms with van der Waals surface area (Å²) < 4.78 is 27.0. The van der Waals surface area contributed by atoms with E-state index in [1.165, 1.54) is 17.8 Å². The van der Waals surface area contributed by atoms with E-state index in [1.807, 2.05) is 6.26 Å². The van der Waals surface area contributed by atoms with Crippen molar-refractivity contribution >= 4 is 33.5 Å². The average molecular weight is 309 g/mol. The van der Waals surface area contributed by atoms with E-state index in [-0.39, 0.29) is 22.2 Å². The van der Waals surface area contributed by atoms with Gasteiger partial charge in [0.25, 0.3) is 0 Å². The topological polar surface area (TPSA) is 17.1 Å². The molecule has 0 heterocycles. The van der Waals surface area contributed by atoms with Crippen molar-refractivity contribution in [3.63, 3.8) is 0 Å². The molecule has 0 N–H and O–H groups in total. The molecule has 0 spiro atoms. The number of hydrogen-bond donors (Lipinski definition) is 0. The summed E-state index contributed by atoms with van der Waals surface area (Å²) >= 11 is 4.50. The Kier molecular flexibility index (Phi) is 5.41. The Morgan fingerprint density at radius 1 is 1.44 bits per heavy atom. The fourth-order valence-corrected chi connectivity index (χ4v) is 2.04. The minimum atomic E-state index is -0.683. The van der Waals surface area contributed by atoms with Crippen molar-refractivity contribution < 1.29 is 13.6 Å². The van der Waals surface area contributed by atoms with Gasteiger partial charge in [-0.3, -0.25) is 4.79 Å². The summed E-state index contributed by atoms with van der Waals surface area (Å²) in [5.74, 6) is -0.822. The van der Waals surface area contributed by atoms with E-state index in [4.69, 9.17) is 0 Å². The first-order valence-corrected chi connectivity index (χ1v) is 6.88. The molecular formula is C11H11BrF2OS. The Morgan fingerprint density at radius 3 is 2.75 bits per heavy atom. The van der Waals surface area contributed by atoms with Gasteiger partial charge in [-0.25, -0.2) is 8.78 Å². The summed E-state index contributed by atoms with van der Waals surface area (Å²) in [6, 6.07) is 2.45. The molecule has 0 bridgehead atoms. The van der Waals surface area contributed by atoms with Crippen LogP contribution in [0.3, 0.4) is 0 Å². The van der Waals surface area contributed by atoms with Gasteiger partial charge in [-0.15, -0.1) is 0 Å². The predicted molar refractivity (Wildman–Crippen MR) is 65.8 cm³/mol. The largest absolute Gasteiger partial charge is 0.299 e. The second kappa shape index (κ2) is 6.35. The lowest BCUT2D eigenvalue weighted by molar-refractivity contribution is -0.118. The zero-order valence-corrected chi connectivity index (χ0v) is 11.1. The van der Waals surface area contributed by atoms with Crippen molar-refractivity contribution in [1.82, 2.24) is 0 Å². The number of halogens is 3. The highest BCUT2D eigenvalue weighted by Gasteiger charge is 2.15. The van der Waals surface area contributed by atoms with Crippen LogP contribution in [-0.2, 0) is 11.2 Å². The van der Waals surface area contributed by atoms with Crippen LogP contribution < -0.4 is 0 Å². The molecule has 5 heteroatoms. The van der Waals surface area contributed by atoms with E-state index in [9.17, 15) is 13.6 Å². The van der Waals surface area contributed by atoms with Crippen LogP contribution in [0.2, 0.25) is 0 Å². The Hall–Kier alpha value is -0.420. The summed E-state index contributed by atoms with van der Waals surface area (Å²) in [4.78, 5) is 11.4. The lowest BCUT2D eigenvalue weighted by Crippen LogP contribution is -2.08. The van der Waals surface area contributed by atoms with Crippen LogP contribution in [0.4, 0.5) is 8.78 Å². The number of ketones is 1. The zero-order chi connectivity index (χ0) is 12.1. The average Bonchev–Trinajstić information content (AvgIpc) is 2.27. The molecule has 0 unspecified atom stereocenters. The monoisotopic (exact) mass is 308 g/mol. The molecule has 1 aromatic rings. The molecule has 0 aliphatic carbocycles. The molecule has 0 atom stereocenters. The Morgan fingerprint density at radius 2 is 2.12 bits per heavy atom. The maximum atomic E-state index is 13.5. The number of carbonyl (C=O) groups is 1. The Bertz CT molecular complexity index is 396. The van der Waals surface area contributed by atoms with Gasteiger partial charge in [-0.05, 0) is 40.1 Å². The van der Waals surface area contributed by atoms with E-state index in [1.54, 1.807) is 0 Å². The first-order chi connectivity index (χ1) is 7.56. The van der Waals surface area contributed by atoms with E-state index >= 15 is 0 Å². The van der Waals surface area contributed by atoms with Crippen LogP contribution in [0, 0.1) is 11.6 Å². The number of Topliss-reactive ketones (excluding diaryl/α,β-unsaturated/α-hetero) is 1. The standard InChI is InChI=1S/C11H11BrF2OS/c1-16-5-4-7(15)6-8-10(13)3-2-9(12)11(8)14/h2-3H,4-6H2,1H3. The maximum absolute atomic E-state index is 13.5. The number of thioether (sulfide) groups is 1. The van der Waals surface area contributed by atoms with E-state index in [0.717, 1.165) is 6.07 Å². The van der Waals surface area contributed by atoms with Gasteiger partial charge in [-0.1, -0.05) is 0 Å². The second-order valence-corrected chi connectivity index (χ2v) is 5.12. The first-order valence-electron chi connectivity index (χ1n) is 4.69. The van der Waals surface area contributed by atoms with Crippen LogP contribution in [0.25, 0.3) is 0 Å². The molecule has 1 nitrogen and oxygen atoms in total. The van der Waals surface area contributed by atoms with Crippen LogP contribution in [0.15, 0.2) is 16.6 Å². The number of hydrogen-bond acceptors (Lipinski definition) is 2. The molecule has 0 amide bonds. The molecule has 0 aliphatic heterocycles. The van der Waals surface area contributed by atoms with E-state index < -0.39 is 11.6 Å². The first kappa shape index (κ1) is 13.6. The van der Waals surface area contributed by atoms with Crippen molar-refractivity contribution in [2.45, 2.75) is 12.8 Å². The van der Waals surface area contributed by atoms with Crippen molar-refractivity contribution in [3.8, 4) is 0 Å². The minimum Gasteiger partial charge on any atom is -0.299 e. The van der Waals surface area contributed by atoms with E-state index in [0.29, 0.717) is 12.2 Å². The maximum Gasteiger partial charge on any atom is 0.143 e. The van der Waals surface area contributed by atoms with Crippen molar-refractivity contribution in [3.05, 3.63) is 33.8 Å². The lowest BCUT2D eigenvalue weighted by Gasteiger charge is -2.05. The number of rotatable bonds is 5. The van der Waals surface area contributed by atoms with Gasteiger partial charge in [0.15, 0.2) is 0 Å². The molecule has 1 aromatic carbocycles. The highest BCUT2D eigenvalue weighted by Crippen LogP contribution is 2.22. The van der Waals surface area contributed by atoms with Gasteiger partial charge in [0.1, 0.15) is 17.4 Å². The van der Waals surface area contributed by atoms with Crippen molar-refractivity contribution in [1.29, 1.82) is 0 Å². The summed E-state index contributed by atoms with van der Waals surface area (Å²) in [5.41, 5.74) is -0.152. The minimum absolute atomic E-state index is 0.148. The van der Waals surface area contributed by atoms with Crippen LogP contribution in [0.5, 0.6) is 0 Å². The predicted octanol–water partition coefficient (Wildman–Crippen LogP) is 3.59. The normalized spacial score (nSPS) is 10.5. The fraction of sp³-hybridized carbons (Fsp3) is 0.364. The van der Waals surface area contributed by atoms with Gasteiger partial charge in [0.05, 0.1) is 4.47 Å². The zero-order valence-electron chi connectivity index (χ0n) is 8.73. The third-order valence-electron chi connectivity index (χ3n) is 2.10. The SMILES string of the molecule is CSCCC(=O)Cc1c(F)ccc(Br)c1F. The van der Waals surface area contributed by atoms with Crippen LogP contribution >= 0.6 is 27.7 Å². The molecule has 0 saturated carbocycles. The van der Waals surface area contributed by atoms with Crippen molar-refractivity contribution in [2.24, 2.45) is 0 Å². The summed E-state index contributed by atoms with van der Waals surface area (Å²) in [6.45, 7) is 0. The summed E-state index contributed by atoms with van der Waals surface area (Å²) in [7, 11) is 0. The van der Waals surface area contributed by atoms with Gasteiger partial charge >= 0.3 is 0 Å². The number of carbonyl (C=O) groups excluding carboxylic acids is 1. The molecular weight excluding hydrogens is 298 g/mol. The van der Waals surface area contributed by atoms with Gasteiger partial charge < -0.3 is 0 Å². The highest BCUT2D eigenvalue weighted by atomic mass is 79.9. The molecule has 1 rings (SSSR count). The van der Waals surface area contributed by atoms with Crippen molar-refractivity contribution in [2.75, 3.05) is 12.0 Å². The quantitative estimate of drug-likeness (QED) is 0.773. The number of benzene rings is 1. The fourth-order valence-electron chi connectivity index (χ4n) is 1.23. The molecule has 0 aromatic heterocycles. The van der Waals surface area contributed by atoms with E-state index in [2.05, 4.69) is 15.9 Å². The Labute approximate surface area is 106 Å². The molecule has 0 fully saturated rings. The summed E-state index contributed by atoms with van der Waals surface area (Å²) in [6.07, 6.45) is 2.04. The van der Waals surface area contributed by atoms with Crippen LogP contribution in [-0.4, -0.2) is 17.8 Å². The third kappa shape index (κ3) is 3.56. The molecule has 0 saturated heterocycles. The highest BCUT2D eigenvalue weighted by molar-refractivity contribution is 9.10. The van der Waals surface area contributed by atoms with Gasteiger partial charge in [0.2, 0.25) is 0 Å². The van der Waals surface area contributed by atoms with Gasteiger partial charge in [0, 0.05) is 18.4 Å². The summed E-state index contributed by atoms with van der Waals surface area (Å²) in [5, 5.41) is 0. The lowest BCUT2D eigenvalue weighted by atomic mass is 10.1. The smallest absolute Gasteiger partial charge is 0.143 e. The molecule has 0 aliphatic rings. The third-order valence-corrected chi connectivity index (χ3v) is 3.32. The Balaban J connectivity index is 2.80. The molecule has 16 heavy (non-hydrogen) atoms. The van der Waals surface area contributed by atoms with Crippen LogP contribution in [0.1, 0.15) is 12.0 Å². The second-order valence-electron chi connectivity index (χ2n) is 3.28. The van der Waals surface area contributed by atoms with Gasteiger partial charge in [-0.2, -0.15) is 11.8 Å². The molecule has 0 radical (unpaired) electrons.